The van der Waals surface area contributed by atoms with Crippen LogP contribution in [0.1, 0.15) is 50.7 Å². The average molecular weight is 312 g/mol. The van der Waals surface area contributed by atoms with Crippen molar-refractivity contribution in [2.75, 3.05) is 0 Å². The lowest BCUT2D eigenvalue weighted by molar-refractivity contribution is -0.121. The summed E-state index contributed by atoms with van der Waals surface area (Å²) < 4.78 is 0. The molecule has 1 saturated carbocycles. The number of rotatable bonds is 6. The molecule has 0 spiro atoms. The number of hydrogen-bond acceptors (Lipinski definition) is 2. The molecule has 116 valence electrons. The highest BCUT2D eigenvalue weighted by Gasteiger charge is 2.50. The van der Waals surface area contributed by atoms with Crippen molar-refractivity contribution >= 4 is 17.1 Å². The summed E-state index contributed by atoms with van der Waals surface area (Å²) >= 11 is 1.74. The number of thiophene rings is 1. The van der Waals surface area contributed by atoms with Gasteiger partial charge in [0.25, 0.3) is 0 Å². The van der Waals surface area contributed by atoms with Crippen molar-refractivity contribution in [2.45, 2.75) is 51.9 Å². The Kier molecular flexibility index (Phi) is 4.22. The summed E-state index contributed by atoms with van der Waals surface area (Å²) in [6, 6.07) is 8.71. The van der Waals surface area contributed by atoms with Gasteiger partial charge in [-0.1, -0.05) is 38.1 Å². The smallest absolute Gasteiger partial charge is 0.143 e. The van der Waals surface area contributed by atoms with Crippen LogP contribution in [0, 0.1) is 12.8 Å². The topological polar surface area (TPSA) is 17.1 Å². The summed E-state index contributed by atoms with van der Waals surface area (Å²) in [6.45, 7) is 6.52. The van der Waals surface area contributed by atoms with E-state index in [0.29, 0.717) is 11.7 Å². The SMILES string of the molecule is Cc1cscc1-c1ccc(C2(C(=O)CCC(C)C)CC2)cc1. The van der Waals surface area contributed by atoms with Crippen LogP contribution in [0.2, 0.25) is 0 Å². The normalized spacial score (nSPS) is 16.0. The molecule has 0 bridgehead atoms. The zero-order valence-corrected chi connectivity index (χ0v) is 14.5. The second-order valence-corrected chi connectivity index (χ2v) is 7.73. The molecule has 2 aromatic rings. The molecule has 1 aromatic carbocycles. The van der Waals surface area contributed by atoms with Crippen LogP contribution in [0.25, 0.3) is 11.1 Å². The van der Waals surface area contributed by atoms with Crippen molar-refractivity contribution in [1.82, 2.24) is 0 Å². The molecule has 1 heterocycles. The third-order valence-electron chi connectivity index (χ3n) is 4.84. The van der Waals surface area contributed by atoms with Gasteiger partial charge in [0.2, 0.25) is 0 Å². The van der Waals surface area contributed by atoms with Gasteiger partial charge in [0.05, 0.1) is 5.41 Å². The molecule has 0 amide bonds. The van der Waals surface area contributed by atoms with Gasteiger partial charge in [-0.3, -0.25) is 4.79 Å². The van der Waals surface area contributed by atoms with Crippen LogP contribution in [-0.4, -0.2) is 5.78 Å². The van der Waals surface area contributed by atoms with E-state index in [-0.39, 0.29) is 5.41 Å². The molecule has 1 fully saturated rings. The Balaban J connectivity index is 1.78. The van der Waals surface area contributed by atoms with Crippen molar-refractivity contribution in [3.63, 3.8) is 0 Å². The standard InChI is InChI=1S/C20H24OS/c1-14(2)4-9-19(21)20(10-11-20)17-7-5-16(6-8-17)18-13-22-12-15(18)3/h5-8,12-14H,4,9-11H2,1-3H3. The molecule has 0 saturated heterocycles. The Hall–Kier alpha value is -1.41. The van der Waals surface area contributed by atoms with Gasteiger partial charge in [0.15, 0.2) is 0 Å². The van der Waals surface area contributed by atoms with E-state index in [1.54, 1.807) is 11.3 Å². The third kappa shape index (κ3) is 2.89. The largest absolute Gasteiger partial charge is 0.299 e. The highest BCUT2D eigenvalue weighted by molar-refractivity contribution is 7.08. The second kappa shape index (κ2) is 6.00. The van der Waals surface area contributed by atoms with Crippen molar-refractivity contribution in [3.8, 4) is 11.1 Å². The first-order chi connectivity index (χ1) is 10.5. The number of benzene rings is 1. The van der Waals surface area contributed by atoms with Crippen molar-refractivity contribution in [1.29, 1.82) is 0 Å². The van der Waals surface area contributed by atoms with Gasteiger partial charge in [0, 0.05) is 6.42 Å². The lowest BCUT2D eigenvalue weighted by atomic mass is 9.87. The molecule has 0 unspecified atom stereocenters. The molecule has 1 nitrogen and oxygen atoms in total. The van der Waals surface area contributed by atoms with Crippen molar-refractivity contribution in [2.24, 2.45) is 5.92 Å². The molecule has 0 aliphatic heterocycles. The maximum absolute atomic E-state index is 12.6. The van der Waals surface area contributed by atoms with E-state index < -0.39 is 0 Å². The van der Waals surface area contributed by atoms with E-state index >= 15 is 0 Å². The fourth-order valence-corrected chi connectivity index (χ4v) is 3.99. The number of aryl methyl sites for hydroxylation is 1. The van der Waals surface area contributed by atoms with Gasteiger partial charge in [-0.05, 0) is 65.1 Å². The number of ketones is 1. The Morgan fingerprint density at radius 2 is 1.86 bits per heavy atom. The molecule has 0 atom stereocenters. The Bertz CT molecular complexity index is 659. The first-order valence-corrected chi connectivity index (χ1v) is 9.14. The summed E-state index contributed by atoms with van der Waals surface area (Å²) in [5, 5.41) is 4.38. The molecule has 1 aliphatic rings. The number of hydrogen-bond donors (Lipinski definition) is 0. The fourth-order valence-electron chi connectivity index (χ4n) is 3.14. The molecular formula is C20H24OS. The van der Waals surface area contributed by atoms with Crippen LogP contribution in [0.15, 0.2) is 35.0 Å². The highest BCUT2D eigenvalue weighted by Crippen LogP contribution is 2.50. The summed E-state index contributed by atoms with van der Waals surface area (Å²) in [5.74, 6) is 1.05. The van der Waals surface area contributed by atoms with Crippen LogP contribution < -0.4 is 0 Å². The van der Waals surface area contributed by atoms with Crippen LogP contribution in [-0.2, 0) is 10.2 Å². The highest BCUT2D eigenvalue weighted by atomic mass is 32.1. The fraction of sp³-hybridized carbons (Fsp3) is 0.450. The van der Waals surface area contributed by atoms with Gasteiger partial charge in [-0.25, -0.2) is 0 Å². The lowest BCUT2D eigenvalue weighted by Gasteiger charge is -2.16. The summed E-state index contributed by atoms with van der Waals surface area (Å²) in [5.41, 5.74) is 4.96. The zero-order valence-electron chi connectivity index (χ0n) is 13.7. The molecule has 1 aromatic heterocycles. The van der Waals surface area contributed by atoms with Crippen LogP contribution in [0.5, 0.6) is 0 Å². The van der Waals surface area contributed by atoms with E-state index in [9.17, 15) is 4.79 Å². The van der Waals surface area contributed by atoms with E-state index in [4.69, 9.17) is 0 Å². The molecule has 2 heteroatoms. The molecule has 1 aliphatic carbocycles. The Labute approximate surface area is 137 Å². The summed E-state index contributed by atoms with van der Waals surface area (Å²) in [7, 11) is 0. The van der Waals surface area contributed by atoms with Crippen LogP contribution in [0.3, 0.4) is 0 Å². The number of Topliss-reactive ketones (excluding diaryl/α,β-unsaturated/α-hetero) is 1. The van der Waals surface area contributed by atoms with Gasteiger partial charge < -0.3 is 0 Å². The predicted octanol–water partition coefficient (Wildman–Crippen LogP) is 5.76. The van der Waals surface area contributed by atoms with Gasteiger partial charge in [-0.2, -0.15) is 11.3 Å². The molecular weight excluding hydrogens is 288 g/mol. The van der Waals surface area contributed by atoms with Crippen molar-refractivity contribution < 1.29 is 4.79 Å². The Morgan fingerprint density at radius 1 is 1.18 bits per heavy atom. The minimum absolute atomic E-state index is 0.156. The lowest BCUT2D eigenvalue weighted by Crippen LogP contribution is -2.20. The summed E-state index contributed by atoms with van der Waals surface area (Å²) in [4.78, 5) is 12.6. The number of carbonyl (C=O) groups is 1. The number of carbonyl (C=O) groups excluding carboxylic acids is 1. The first-order valence-electron chi connectivity index (χ1n) is 8.20. The van der Waals surface area contributed by atoms with E-state index in [2.05, 4.69) is 55.8 Å². The van der Waals surface area contributed by atoms with Gasteiger partial charge in [0.1, 0.15) is 5.78 Å². The maximum atomic E-state index is 12.6. The van der Waals surface area contributed by atoms with Crippen LogP contribution in [0.4, 0.5) is 0 Å². The first kappa shape index (κ1) is 15.5. The molecule has 3 rings (SSSR count). The third-order valence-corrected chi connectivity index (χ3v) is 5.70. The minimum atomic E-state index is -0.156. The second-order valence-electron chi connectivity index (χ2n) is 6.98. The zero-order chi connectivity index (χ0) is 15.7. The summed E-state index contributed by atoms with van der Waals surface area (Å²) in [6.07, 6.45) is 3.79. The molecule has 0 radical (unpaired) electrons. The molecule has 22 heavy (non-hydrogen) atoms. The Morgan fingerprint density at radius 3 is 2.36 bits per heavy atom. The minimum Gasteiger partial charge on any atom is -0.299 e. The predicted molar refractivity (Wildman–Crippen MR) is 94.5 cm³/mol. The quantitative estimate of drug-likeness (QED) is 0.662. The van der Waals surface area contributed by atoms with Gasteiger partial charge >= 0.3 is 0 Å². The van der Waals surface area contributed by atoms with E-state index in [0.717, 1.165) is 25.7 Å². The monoisotopic (exact) mass is 312 g/mol. The van der Waals surface area contributed by atoms with Gasteiger partial charge in [-0.15, -0.1) is 0 Å². The average Bonchev–Trinajstić information content (AvgIpc) is 3.21. The van der Waals surface area contributed by atoms with E-state index in [1.165, 1.54) is 22.3 Å². The van der Waals surface area contributed by atoms with Crippen molar-refractivity contribution in [3.05, 3.63) is 46.2 Å². The van der Waals surface area contributed by atoms with E-state index in [1.807, 2.05) is 0 Å². The van der Waals surface area contributed by atoms with Crippen LogP contribution >= 0.6 is 11.3 Å². The molecule has 0 N–H and O–H groups in total. The maximum Gasteiger partial charge on any atom is 0.143 e.